The first-order chi connectivity index (χ1) is 6.11. The highest BCUT2D eigenvalue weighted by Crippen LogP contribution is 2.38. The van der Waals surface area contributed by atoms with Crippen LogP contribution in [-0.4, -0.2) is 46.3 Å². The van der Waals surface area contributed by atoms with Crippen LogP contribution in [0, 0.1) is 5.92 Å². The van der Waals surface area contributed by atoms with Crippen molar-refractivity contribution in [2.45, 2.75) is 37.5 Å². The third-order valence-corrected chi connectivity index (χ3v) is 3.52. The van der Waals surface area contributed by atoms with E-state index in [4.69, 9.17) is 5.11 Å². The normalized spacial score (nSPS) is 41.9. The Morgan fingerprint density at radius 3 is 2.64 bits per heavy atom. The molecule has 0 spiro atoms. The first-order valence-electron chi connectivity index (χ1n) is 4.74. The van der Waals surface area contributed by atoms with E-state index in [0.29, 0.717) is 12.5 Å². The van der Waals surface area contributed by atoms with Crippen LogP contribution in [0.25, 0.3) is 0 Å². The molecular formula is C9H15ClNO3-. The number of halogens is 1. The molecule has 2 saturated heterocycles. The number of fused-ring (bicyclic) bond motifs is 2. The van der Waals surface area contributed by atoms with Crippen molar-refractivity contribution >= 4 is 5.97 Å². The third-order valence-electron chi connectivity index (χ3n) is 3.52. The van der Waals surface area contributed by atoms with E-state index in [9.17, 15) is 9.90 Å². The molecule has 4 atom stereocenters. The first kappa shape index (κ1) is 11.8. The Hall–Kier alpha value is -0.320. The molecule has 2 N–H and O–H groups in total. The Balaban J connectivity index is 0.000000980. The van der Waals surface area contributed by atoms with Crippen LogP contribution >= 0.6 is 0 Å². The van der Waals surface area contributed by atoms with Gasteiger partial charge in [-0.2, -0.15) is 0 Å². The summed E-state index contributed by atoms with van der Waals surface area (Å²) < 4.78 is 0. The Kier molecular flexibility index (Phi) is 3.40. The maximum absolute atomic E-state index is 10.9. The lowest BCUT2D eigenvalue weighted by Crippen LogP contribution is -3.00. The average Bonchev–Trinajstić information content (AvgIpc) is 2.34. The van der Waals surface area contributed by atoms with Gasteiger partial charge in [0.25, 0.3) is 0 Å². The number of carboxylic acids is 1. The number of nitrogens with zero attached hydrogens (tertiary/aromatic N) is 1. The molecule has 0 saturated carbocycles. The van der Waals surface area contributed by atoms with Crippen molar-refractivity contribution in [3.05, 3.63) is 0 Å². The molecule has 82 valence electrons. The molecule has 2 heterocycles. The van der Waals surface area contributed by atoms with Crippen molar-refractivity contribution in [3.63, 3.8) is 0 Å². The Labute approximate surface area is 89.3 Å². The molecular weight excluding hydrogens is 206 g/mol. The van der Waals surface area contributed by atoms with Gasteiger partial charge in [0, 0.05) is 12.1 Å². The average molecular weight is 221 g/mol. The van der Waals surface area contributed by atoms with Crippen LogP contribution in [0.5, 0.6) is 0 Å². The molecule has 2 bridgehead atoms. The molecule has 2 rings (SSSR count). The largest absolute Gasteiger partial charge is 1.00 e. The van der Waals surface area contributed by atoms with Crippen molar-refractivity contribution < 1.29 is 27.4 Å². The smallest absolute Gasteiger partial charge is 0.310 e. The van der Waals surface area contributed by atoms with Gasteiger partial charge in [-0.3, -0.25) is 9.69 Å². The van der Waals surface area contributed by atoms with Crippen LogP contribution in [0.15, 0.2) is 0 Å². The number of hydrogen-bond donors (Lipinski definition) is 2. The minimum atomic E-state index is -0.857. The Morgan fingerprint density at radius 1 is 1.43 bits per heavy atom. The molecule has 2 aliphatic heterocycles. The van der Waals surface area contributed by atoms with Crippen LogP contribution in [0.1, 0.15) is 19.3 Å². The first-order valence-corrected chi connectivity index (χ1v) is 4.74. The van der Waals surface area contributed by atoms with Gasteiger partial charge in [0.05, 0.1) is 12.0 Å². The Morgan fingerprint density at radius 2 is 2.07 bits per heavy atom. The second-order valence-corrected chi connectivity index (χ2v) is 4.13. The lowest BCUT2D eigenvalue weighted by molar-refractivity contribution is -0.151. The molecule has 4 unspecified atom stereocenters. The number of carboxylic acid groups (broad SMARTS) is 1. The lowest BCUT2D eigenvalue weighted by atomic mass is 9.88. The topological polar surface area (TPSA) is 60.8 Å². The summed E-state index contributed by atoms with van der Waals surface area (Å²) in [6, 6.07) is 0.446. The van der Waals surface area contributed by atoms with Crippen molar-refractivity contribution in [2.75, 3.05) is 7.05 Å². The van der Waals surface area contributed by atoms with Crippen LogP contribution in [0.2, 0.25) is 0 Å². The van der Waals surface area contributed by atoms with Gasteiger partial charge in [0.2, 0.25) is 0 Å². The van der Waals surface area contributed by atoms with Gasteiger partial charge < -0.3 is 22.6 Å². The zero-order valence-electron chi connectivity index (χ0n) is 8.06. The highest BCUT2D eigenvalue weighted by molar-refractivity contribution is 5.72. The van der Waals surface area contributed by atoms with Crippen molar-refractivity contribution in [1.29, 1.82) is 0 Å². The predicted molar refractivity (Wildman–Crippen MR) is 46.3 cm³/mol. The SMILES string of the molecule is CN1C2CCC1C(C(=O)O)C(O)C2.[Cl-]. The van der Waals surface area contributed by atoms with Gasteiger partial charge in [0.1, 0.15) is 0 Å². The number of rotatable bonds is 1. The molecule has 0 aliphatic carbocycles. The molecule has 0 amide bonds. The van der Waals surface area contributed by atoms with E-state index in [1.807, 2.05) is 7.05 Å². The molecule has 2 fully saturated rings. The fraction of sp³-hybridized carbons (Fsp3) is 0.889. The van der Waals surface area contributed by atoms with Crippen LogP contribution < -0.4 is 12.4 Å². The highest BCUT2D eigenvalue weighted by atomic mass is 35.5. The summed E-state index contributed by atoms with van der Waals surface area (Å²) in [6.07, 6.45) is 1.91. The summed E-state index contributed by atoms with van der Waals surface area (Å²) in [5.41, 5.74) is 0. The molecule has 0 radical (unpaired) electrons. The molecule has 2 aliphatic rings. The van der Waals surface area contributed by atoms with Crippen LogP contribution in [0.4, 0.5) is 0 Å². The molecule has 0 aromatic carbocycles. The quantitative estimate of drug-likeness (QED) is 0.492. The van der Waals surface area contributed by atoms with E-state index < -0.39 is 18.0 Å². The van der Waals surface area contributed by atoms with E-state index in [1.165, 1.54) is 0 Å². The van der Waals surface area contributed by atoms with Crippen molar-refractivity contribution in [3.8, 4) is 0 Å². The third kappa shape index (κ3) is 1.62. The number of aliphatic carboxylic acids is 1. The molecule has 0 aromatic rings. The van der Waals surface area contributed by atoms with Gasteiger partial charge in [-0.1, -0.05) is 0 Å². The van der Waals surface area contributed by atoms with E-state index in [0.717, 1.165) is 12.8 Å². The summed E-state index contributed by atoms with van der Waals surface area (Å²) >= 11 is 0. The summed E-state index contributed by atoms with van der Waals surface area (Å²) in [6.45, 7) is 0. The number of piperidine rings is 1. The number of hydrogen-bond acceptors (Lipinski definition) is 3. The van der Waals surface area contributed by atoms with Gasteiger partial charge in [-0.25, -0.2) is 0 Å². The van der Waals surface area contributed by atoms with Gasteiger partial charge in [-0.15, -0.1) is 0 Å². The lowest BCUT2D eigenvalue weighted by Gasteiger charge is -2.38. The second-order valence-electron chi connectivity index (χ2n) is 4.13. The minimum absolute atomic E-state index is 0. The summed E-state index contributed by atoms with van der Waals surface area (Å²) in [7, 11) is 1.96. The van der Waals surface area contributed by atoms with E-state index in [1.54, 1.807) is 0 Å². The van der Waals surface area contributed by atoms with Crippen molar-refractivity contribution in [1.82, 2.24) is 4.90 Å². The summed E-state index contributed by atoms with van der Waals surface area (Å²) in [5, 5.41) is 18.6. The van der Waals surface area contributed by atoms with Crippen LogP contribution in [0.3, 0.4) is 0 Å². The predicted octanol–water partition coefficient (Wildman–Crippen LogP) is -3.08. The van der Waals surface area contributed by atoms with E-state index in [2.05, 4.69) is 4.90 Å². The number of aliphatic hydroxyl groups is 1. The summed E-state index contributed by atoms with van der Waals surface area (Å²) in [5.74, 6) is -1.44. The number of aliphatic hydroxyl groups excluding tert-OH is 1. The van der Waals surface area contributed by atoms with E-state index in [-0.39, 0.29) is 18.4 Å². The maximum atomic E-state index is 10.9. The Bertz CT molecular complexity index is 236. The van der Waals surface area contributed by atoms with Gasteiger partial charge in [-0.05, 0) is 26.3 Å². The molecule has 14 heavy (non-hydrogen) atoms. The van der Waals surface area contributed by atoms with Crippen molar-refractivity contribution in [2.24, 2.45) is 5.92 Å². The second kappa shape index (κ2) is 4.04. The standard InChI is InChI=1S/C9H15NO3.ClH/c1-10-5-2-3-6(10)8(9(12)13)7(11)4-5;/h5-8,11H,2-4H2,1H3,(H,12,13);1H/p-1. The molecule has 5 heteroatoms. The molecule has 0 aromatic heterocycles. The highest BCUT2D eigenvalue weighted by Gasteiger charge is 2.48. The minimum Gasteiger partial charge on any atom is -1.00 e. The summed E-state index contributed by atoms with van der Waals surface area (Å²) in [4.78, 5) is 13.0. The maximum Gasteiger partial charge on any atom is 0.310 e. The van der Waals surface area contributed by atoms with Gasteiger partial charge >= 0.3 is 5.97 Å². The fourth-order valence-electron chi connectivity index (χ4n) is 2.77. The molecule has 4 nitrogen and oxygen atoms in total. The monoisotopic (exact) mass is 220 g/mol. The van der Waals surface area contributed by atoms with E-state index >= 15 is 0 Å². The van der Waals surface area contributed by atoms with Crippen LogP contribution in [-0.2, 0) is 4.79 Å². The zero-order chi connectivity index (χ0) is 9.59. The fourth-order valence-corrected chi connectivity index (χ4v) is 2.77. The van der Waals surface area contributed by atoms with Gasteiger partial charge in [0.15, 0.2) is 0 Å². The number of carbonyl (C=O) groups is 1. The zero-order valence-corrected chi connectivity index (χ0v) is 8.81.